The average molecular weight is 304 g/mol. The van der Waals surface area contributed by atoms with Crippen LogP contribution in [-0.2, 0) is 10.2 Å². The van der Waals surface area contributed by atoms with Crippen LogP contribution in [0.3, 0.4) is 0 Å². The molecule has 2 nitrogen and oxygen atoms in total. The molecule has 0 radical (unpaired) electrons. The summed E-state index contributed by atoms with van der Waals surface area (Å²) < 4.78 is 5.91. The molecule has 0 heterocycles. The van der Waals surface area contributed by atoms with Crippen LogP contribution in [0.15, 0.2) is 18.2 Å². The number of Topliss-reactive ketones (excluding diaryl/α,β-unsaturated/α-hetero) is 1. The molecule has 0 aliphatic rings. The second kappa shape index (κ2) is 7.80. The van der Waals surface area contributed by atoms with E-state index in [4.69, 9.17) is 4.74 Å². The van der Waals surface area contributed by atoms with Crippen molar-refractivity contribution < 1.29 is 9.53 Å². The van der Waals surface area contributed by atoms with Gasteiger partial charge in [0, 0.05) is 12.3 Å². The summed E-state index contributed by atoms with van der Waals surface area (Å²) in [7, 11) is 0. The fourth-order valence-corrected chi connectivity index (χ4v) is 2.83. The highest BCUT2D eigenvalue weighted by Crippen LogP contribution is 2.36. The quantitative estimate of drug-likeness (QED) is 0.665. The molecule has 1 unspecified atom stereocenters. The number of benzene rings is 1. The zero-order valence-corrected chi connectivity index (χ0v) is 15.3. The van der Waals surface area contributed by atoms with Crippen LogP contribution < -0.4 is 4.74 Å². The van der Waals surface area contributed by atoms with Gasteiger partial charge in [0.05, 0.1) is 6.61 Å². The standard InChI is InChI=1S/C20H32O2/c1-8-12-22-18-11-10-15(13-16(18)20(5,6)7)19(14(3)4)17(21)9-2/h10-11,13-14,19H,8-9,12H2,1-7H3. The molecule has 124 valence electrons. The van der Waals surface area contributed by atoms with Crippen LogP contribution in [0.4, 0.5) is 0 Å². The van der Waals surface area contributed by atoms with Crippen molar-refractivity contribution in [2.45, 2.75) is 72.6 Å². The summed E-state index contributed by atoms with van der Waals surface area (Å²) in [6.45, 7) is 15.6. The first-order chi connectivity index (χ1) is 10.2. The SMILES string of the molecule is CCCOc1ccc(C(C(=O)CC)C(C)C)cc1C(C)(C)C. The Hall–Kier alpha value is -1.31. The number of carbonyl (C=O) groups is 1. The van der Waals surface area contributed by atoms with Gasteiger partial charge in [0.2, 0.25) is 0 Å². The lowest BCUT2D eigenvalue weighted by atomic mass is 9.79. The lowest BCUT2D eigenvalue weighted by Crippen LogP contribution is -2.20. The lowest BCUT2D eigenvalue weighted by Gasteiger charge is -2.26. The maximum Gasteiger partial charge on any atom is 0.140 e. The maximum atomic E-state index is 12.3. The van der Waals surface area contributed by atoms with Crippen molar-refractivity contribution >= 4 is 5.78 Å². The molecule has 0 spiro atoms. The third kappa shape index (κ3) is 4.59. The van der Waals surface area contributed by atoms with E-state index in [0.717, 1.165) is 24.3 Å². The first-order valence-corrected chi connectivity index (χ1v) is 8.52. The van der Waals surface area contributed by atoms with E-state index in [-0.39, 0.29) is 11.3 Å². The number of ketones is 1. The van der Waals surface area contributed by atoms with Gasteiger partial charge in [-0.05, 0) is 34.9 Å². The van der Waals surface area contributed by atoms with Gasteiger partial charge in [0.25, 0.3) is 0 Å². The summed E-state index contributed by atoms with van der Waals surface area (Å²) in [5, 5.41) is 0. The molecule has 0 saturated carbocycles. The van der Waals surface area contributed by atoms with Gasteiger partial charge in [-0.15, -0.1) is 0 Å². The van der Waals surface area contributed by atoms with Crippen LogP contribution in [0, 0.1) is 5.92 Å². The van der Waals surface area contributed by atoms with E-state index in [1.54, 1.807) is 0 Å². The highest BCUT2D eigenvalue weighted by Gasteiger charge is 2.26. The van der Waals surface area contributed by atoms with Crippen molar-refractivity contribution in [1.29, 1.82) is 0 Å². The van der Waals surface area contributed by atoms with Gasteiger partial charge in [-0.25, -0.2) is 0 Å². The van der Waals surface area contributed by atoms with Crippen LogP contribution in [0.5, 0.6) is 5.75 Å². The zero-order valence-electron chi connectivity index (χ0n) is 15.3. The van der Waals surface area contributed by atoms with Crippen molar-refractivity contribution in [3.63, 3.8) is 0 Å². The van der Waals surface area contributed by atoms with Crippen LogP contribution in [-0.4, -0.2) is 12.4 Å². The largest absolute Gasteiger partial charge is 0.493 e. The molecule has 1 atom stereocenters. The molecule has 0 N–H and O–H groups in total. The number of hydrogen-bond acceptors (Lipinski definition) is 2. The van der Waals surface area contributed by atoms with E-state index in [1.165, 1.54) is 5.56 Å². The molecule has 2 heteroatoms. The molecule has 0 fully saturated rings. The Morgan fingerprint density at radius 2 is 1.82 bits per heavy atom. The van der Waals surface area contributed by atoms with Crippen molar-refractivity contribution in [2.24, 2.45) is 5.92 Å². The zero-order chi connectivity index (χ0) is 16.9. The monoisotopic (exact) mass is 304 g/mol. The Morgan fingerprint density at radius 1 is 1.18 bits per heavy atom. The minimum Gasteiger partial charge on any atom is -0.493 e. The number of ether oxygens (including phenoxy) is 1. The number of rotatable bonds is 7. The maximum absolute atomic E-state index is 12.3. The highest BCUT2D eigenvalue weighted by molar-refractivity contribution is 5.85. The van der Waals surface area contributed by atoms with Gasteiger partial charge in [-0.2, -0.15) is 0 Å². The number of carbonyl (C=O) groups excluding carboxylic acids is 1. The second-order valence-corrected chi connectivity index (χ2v) is 7.40. The lowest BCUT2D eigenvalue weighted by molar-refractivity contribution is -0.121. The van der Waals surface area contributed by atoms with Crippen LogP contribution in [0.1, 0.15) is 78.4 Å². The second-order valence-electron chi connectivity index (χ2n) is 7.40. The molecular formula is C20H32O2. The molecule has 1 rings (SSSR count). The summed E-state index contributed by atoms with van der Waals surface area (Å²) in [6.07, 6.45) is 1.58. The predicted molar refractivity (Wildman–Crippen MR) is 93.8 cm³/mol. The molecule has 0 aromatic heterocycles. The summed E-state index contributed by atoms with van der Waals surface area (Å²) >= 11 is 0. The van der Waals surface area contributed by atoms with Crippen LogP contribution in [0.25, 0.3) is 0 Å². The van der Waals surface area contributed by atoms with Gasteiger partial charge < -0.3 is 4.74 Å². The van der Waals surface area contributed by atoms with Crippen molar-refractivity contribution in [3.8, 4) is 5.75 Å². The summed E-state index contributed by atoms with van der Waals surface area (Å²) in [5.41, 5.74) is 2.30. The first kappa shape index (κ1) is 18.7. The van der Waals surface area contributed by atoms with Crippen molar-refractivity contribution in [2.75, 3.05) is 6.61 Å². The van der Waals surface area contributed by atoms with Crippen molar-refractivity contribution in [1.82, 2.24) is 0 Å². The average Bonchev–Trinajstić information content (AvgIpc) is 2.44. The van der Waals surface area contributed by atoms with E-state index in [0.29, 0.717) is 18.1 Å². The topological polar surface area (TPSA) is 26.3 Å². The summed E-state index contributed by atoms with van der Waals surface area (Å²) in [6, 6.07) is 6.30. The molecule has 1 aromatic rings. The molecule has 0 aliphatic carbocycles. The Labute approximate surface area is 136 Å². The fraction of sp³-hybridized carbons (Fsp3) is 0.650. The molecule has 1 aromatic carbocycles. The van der Waals surface area contributed by atoms with Crippen LogP contribution >= 0.6 is 0 Å². The molecule has 22 heavy (non-hydrogen) atoms. The van der Waals surface area contributed by atoms with E-state index in [2.05, 4.69) is 53.7 Å². The minimum absolute atomic E-state index is 0.00409. The van der Waals surface area contributed by atoms with E-state index < -0.39 is 0 Å². The van der Waals surface area contributed by atoms with Gasteiger partial charge >= 0.3 is 0 Å². The van der Waals surface area contributed by atoms with E-state index in [9.17, 15) is 4.79 Å². The van der Waals surface area contributed by atoms with E-state index >= 15 is 0 Å². The third-order valence-corrected chi connectivity index (χ3v) is 3.99. The first-order valence-electron chi connectivity index (χ1n) is 8.52. The van der Waals surface area contributed by atoms with Gasteiger partial charge in [-0.1, -0.05) is 60.6 Å². The summed E-state index contributed by atoms with van der Waals surface area (Å²) in [4.78, 5) is 12.3. The summed E-state index contributed by atoms with van der Waals surface area (Å²) in [5.74, 6) is 1.55. The van der Waals surface area contributed by atoms with Crippen LogP contribution in [0.2, 0.25) is 0 Å². The molecule has 0 aliphatic heterocycles. The Kier molecular flexibility index (Phi) is 6.65. The van der Waals surface area contributed by atoms with Gasteiger partial charge in [-0.3, -0.25) is 4.79 Å². The van der Waals surface area contributed by atoms with E-state index in [1.807, 2.05) is 13.0 Å². The normalized spacial score (nSPS) is 13.3. The molecule has 0 amide bonds. The molecule has 0 saturated heterocycles. The number of hydrogen-bond donors (Lipinski definition) is 0. The van der Waals surface area contributed by atoms with Gasteiger partial charge in [0.15, 0.2) is 0 Å². The molecular weight excluding hydrogens is 272 g/mol. The Morgan fingerprint density at radius 3 is 2.27 bits per heavy atom. The smallest absolute Gasteiger partial charge is 0.140 e. The Balaban J connectivity index is 3.30. The third-order valence-electron chi connectivity index (χ3n) is 3.99. The highest BCUT2D eigenvalue weighted by atomic mass is 16.5. The van der Waals surface area contributed by atoms with Crippen molar-refractivity contribution in [3.05, 3.63) is 29.3 Å². The van der Waals surface area contributed by atoms with Gasteiger partial charge in [0.1, 0.15) is 11.5 Å². The molecule has 0 bridgehead atoms. The minimum atomic E-state index is -0.0219. The predicted octanol–water partition coefficient (Wildman–Crippen LogP) is 5.49. The fourth-order valence-electron chi connectivity index (χ4n) is 2.83. The Bertz CT molecular complexity index is 495.